The number of hydrogen-bond acceptors (Lipinski definition) is 6. The van der Waals surface area contributed by atoms with E-state index in [4.69, 9.17) is 9.47 Å². The molecule has 8 heteroatoms. The number of amides is 1. The molecule has 3 rings (SSSR count). The number of ether oxygens (including phenoxy) is 2. The van der Waals surface area contributed by atoms with Crippen LogP contribution in [0.25, 0.3) is 11.3 Å². The van der Waals surface area contributed by atoms with Crippen LogP contribution in [0.3, 0.4) is 0 Å². The summed E-state index contributed by atoms with van der Waals surface area (Å²) in [6, 6.07) is 15.0. The van der Waals surface area contributed by atoms with E-state index >= 15 is 0 Å². The number of benzene rings is 2. The number of carbonyl (C=O) groups excluding carboxylic acids is 1. The third-order valence-electron chi connectivity index (χ3n) is 3.82. The molecular formula is C20H18FN3O3S. The lowest BCUT2D eigenvalue weighted by molar-refractivity contribution is -0.113. The van der Waals surface area contributed by atoms with Crippen molar-refractivity contribution in [2.75, 3.05) is 25.3 Å². The second-order valence-corrected chi connectivity index (χ2v) is 6.64. The van der Waals surface area contributed by atoms with E-state index in [2.05, 4.69) is 15.5 Å². The van der Waals surface area contributed by atoms with E-state index in [1.807, 2.05) is 12.1 Å². The molecule has 1 N–H and O–H groups in total. The zero-order valence-electron chi connectivity index (χ0n) is 15.3. The minimum atomic E-state index is -0.474. The first-order valence-electron chi connectivity index (χ1n) is 8.34. The summed E-state index contributed by atoms with van der Waals surface area (Å²) in [6.07, 6.45) is 0. The first-order chi connectivity index (χ1) is 13.6. The van der Waals surface area contributed by atoms with E-state index < -0.39 is 5.82 Å². The van der Waals surface area contributed by atoms with Crippen molar-refractivity contribution in [3.63, 3.8) is 0 Å². The molecule has 0 atom stereocenters. The van der Waals surface area contributed by atoms with Gasteiger partial charge in [0, 0.05) is 11.6 Å². The number of methoxy groups -OCH3 is 2. The molecule has 144 valence electrons. The van der Waals surface area contributed by atoms with E-state index in [1.165, 1.54) is 23.9 Å². The van der Waals surface area contributed by atoms with Crippen molar-refractivity contribution in [1.29, 1.82) is 0 Å². The van der Waals surface area contributed by atoms with Crippen LogP contribution in [-0.4, -0.2) is 36.1 Å². The van der Waals surface area contributed by atoms with Crippen molar-refractivity contribution in [3.8, 4) is 22.8 Å². The summed E-state index contributed by atoms with van der Waals surface area (Å²) in [6.45, 7) is 0. The third-order valence-corrected chi connectivity index (χ3v) is 4.74. The van der Waals surface area contributed by atoms with Gasteiger partial charge in [0.05, 0.1) is 31.4 Å². The van der Waals surface area contributed by atoms with Crippen LogP contribution in [0.5, 0.6) is 11.5 Å². The number of hydrogen-bond donors (Lipinski definition) is 1. The summed E-state index contributed by atoms with van der Waals surface area (Å²) in [5, 5.41) is 11.5. The summed E-state index contributed by atoms with van der Waals surface area (Å²) >= 11 is 1.21. The maximum atomic E-state index is 13.6. The van der Waals surface area contributed by atoms with Gasteiger partial charge in [0.15, 0.2) is 0 Å². The highest BCUT2D eigenvalue weighted by atomic mass is 32.2. The average molecular weight is 399 g/mol. The zero-order chi connectivity index (χ0) is 19.9. The molecule has 0 aliphatic carbocycles. The van der Waals surface area contributed by atoms with Gasteiger partial charge in [-0.3, -0.25) is 4.79 Å². The lowest BCUT2D eigenvalue weighted by atomic mass is 10.1. The van der Waals surface area contributed by atoms with Gasteiger partial charge in [-0.05, 0) is 36.4 Å². The molecule has 0 fully saturated rings. The van der Waals surface area contributed by atoms with Gasteiger partial charge in [0.1, 0.15) is 22.3 Å². The first kappa shape index (κ1) is 19.6. The van der Waals surface area contributed by atoms with Gasteiger partial charge in [-0.2, -0.15) is 0 Å². The maximum absolute atomic E-state index is 13.6. The van der Waals surface area contributed by atoms with Gasteiger partial charge < -0.3 is 14.8 Å². The fraction of sp³-hybridized carbons (Fsp3) is 0.150. The van der Waals surface area contributed by atoms with Gasteiger partial charge in [-0.15, -0.1) is 10.2 Å². The second kappa shape index (κ2) is 9.18. The number of halogens is 1. The molecule has 0 bridgehead atoms. The minimum Gasteiger partial charge on any atom is -0.497 e. The fourth-order valence-corrected chi connectivity index (χ4v) is 3.05. The Bertz CT molecular complexity index is 967. The summed E-state index contributed by atoms with van der Waals surface area (Å²) in [4.78, 5) is 12.0. The molecule has 0 saturated carbocycles. The Hall–Kier alpha value is -3.13. The summed E-state index contributed by atoms with van der Waals surface area (Å²) in [5.74, 6) is 0.602. The van der Waals surface area contributed by atoms with E-state index in [-0.39, 0.29) is 17.3 Å². The van der Waals surface area contributed by atoms with Gasteiger partial charge in [0.2, 0.25) is 5.91 Å². The number of nitrogens with one attached hydrogen (secondary N) is 1. The van der Waals surface area contributed by atoms with Crippen LogP contribution in [0.15, 0.2) is 59.6 Å². The number of carbonyl (C=O) groups is 1. The summed E-state index contributed by atoms with van der Waals surface area (Å²) in [7, 11) is 3.16. The van der Waals surface area contributed by atoms with Crippen LogP contribution in [0, 0.1) is 5.82 Å². The Morgan fingerprint density at radius 3 is 2.57 bits per heavy atom. The van der Waals surface area contributed by atoms with Crippen molar-refractivity contribution in [1.82, 2.24) is 10.2 Å². The largest absolute Gasteiger partial charge is 0.497 e. The third kappa shape index (κ3) is 4.77. The normalized spacial score (nSPS) is 10.4. The predicted octanol–water partition coefficient (Wildman–Crippen LogP) is 4.03. The Morgan fingerprint density at radius 1 is 1.07 bits per heavy atom. The molecule has 1 aromatic heterocycles. The van der Waals surface area contributed by atoms with Crippen molar-refractivity contribution in [2.45, 2.75) is 5.03 Å². The molecule has 1 heterocycles. The van der Waals surface area contributed by atoms with Crippen molar-refractivity contribution in [3.05, 3.63) is 60.4 Å². The number of nitrogens with zero attached hydrogens (tertiary/aromatic N) is 2. The number of aromatic nitrogens is 2. The van der Waals surface area contributed by atoms with Crippen molar-refractivity contribution >= 4 is 23.4 Å². The van der Waals surface area contributed by atoms with Gasteiger partial charge in [-0.1, -0.05) is 23.9 Å². The minimum absolute atomic E-state index is 0.0915. The van der Waals surface area contributed by atoms with E-state index in [0.29, 0.717) is 22.2 Å². The molecule has 0 spiro atoms. The molecular weight excluding hydrogens is 381 g/mol. The van der Waals surface area contributed by atoms with Gasteiger partial charge in [0.25, 0.3) is 0 Å². The number of rotatable bonds is 7. The Balaban J connectivity index is 1.63. The zero-order valence-corrected chi connectivity index (χ0v) is 16.1. The Morgan fingerprint density at radius 2 is 1.89 bits per heavy atom. The van der Waals surface area contributed by atoms with Crippen LogP contribution < -0.4 is 14.8 Å². The van der Waals surface area contributed by atoms with Crippen molar-refractivity contribution < 1.29 is 18.7 Å². The number of para-hydroxylation sites is 1. The molecule has 28 heavy (non-hydrogen) atoms. The number of thioether (sulfide) groups is 1. The Kier molecular flexibility index (Phi) is 6.44. The lowest BCUT2D eigenvalue weighted by Gasteiger charge is -2.10. The van der Waals surface area contributed by atoms with E-state index in [9.17, 15) is 9.18 Å². The van der Waals surface area contributed by atoms with E-state index in [0.717, 1.165) is 5.56 Å². The molecule has 0 saturated heterocycles. The van der Waals surface area contributed by atoms with Gasteiger partial charge in [-0.25, -0.2) is 4.39 Å². The standard InChI is InChI=1S/C20H18FN3O3S/c1-26-13-7-8-14(18(11-13)27-2)16-9-10-20(24-23-16)28-12-19(25)22-17-6-4-3-5-15(17)21/h3-11H,12H2,1-2H3,(H,22,25). The topological polar surface area (TPSA) is 73.3 Å². The smallest absolute Gasteiger partial charge is 0.234 e. The fourth-order valence-electron chi connectivity index (χ4n) is 2.44. The van der Waals surface area contributed by atoms with Crippen molar-refractivity contribution in [2.24, 2.45) is 0 Å². The summed E-state index contributed by atoms with van der Waals surface area (Å²) in [5.41, 5.74) is 1.57. The molecule has 2 aromatic carbocycles. The Labute approximate surface area is 166 Å². The number of anilines is 1. The second-order valence-electron chi connectivity index (χ2n) is 5.64. The highest BCUT2D eigenvalue weighted by Crippen LogP contribution is 2.32. The quantitative estimate of drug-likeness (QED) is 0.605. The SMILES string of the molecule is COc1ccc(-c2ccc(SCC(=O)Nc3ccccc3F)nn2)c(OC)c1. The van der Waals surface area contributed by atoms with Crippen LogP contribution in [0.4, 0.5) is 10.1 Å². The van der Waals surface area contributed by atoms with Crippen LogP contribution >= 0.6 is 11.8 Å². The van der Waals surface area contributed by atoms with Crippen LogP contribution in [0.2, 0.25) is 0 Å². The average Bonchev–Trinajstić information content (AvgIpc) is 2.74. The lowest BCUT2D eigenvalue weighted by Crippen LogP contribution is -2.15. The van der Waals surface area contributed by atoms with Gasteiger partial charge >= 0.3 is 0 Å². The highest BCUT2D eigenvalue weighted by molar-refractivity contribution is 7.99. The molecule has 3 aromatic rings. The molecule has 0 unspecified atom stereocenters. The molecule has 6 nitrogen and oxygen atoms in total. The first-order valence-corrected chi connectivity index (χ1v) is 9.32. The summed E-state index contributed by atoms with van der Waals surface area (Å²) < 4.78 is 24.1. The van der Waals surface area contributed by atoms with Crippen LogP contribution in [0.1, 0.15) is 0 Å². The van der Waals surface area contributed by atoms with Crippen LogP contribution in [-0.2, 0) is 4.79 Å². The monoisotopic (exact) mass is 399 g/mol. The molecule has 0 aliphatic rings. The molecule has 0 radical (unpaired) electrons. The van der Waals surface area contributed by atoms with E-state index in [1.54, 1.807) is 44.6 Å². The predicted molar refractivity (Wildman–Crippen MR) is 106 cm³/mol. The molecule has 0 aliphatic heterocycles. The maximum Gasteiger partial charge on any atom is 0.234 e. The molecule has 1 amide bonds. The highest BCUT2D eigenvalue weighted by Gasteiger charge is 2.11.